The lowest BCUT2D eigenvalue weighted by atomic mass is 10.0. The second-order valence-corrected chi connectivity index (χ2v) is 8.63. The average Bonchev–Trinajstić information content (AvgIpc) is 3.56. The number of methoxy groups -OCH3 is 1. The third-order valence-electron chi connectivity index (χ3n) is 5.14. The second-order valence-electron chi connectivity index (χ2n) is 7.78. The zero-order valence-corrected chi connectivity index (χ0v) is 21.4. The number of nitrogens with one attached hydrogen (secondary N) is 2. The van der Waals surface area contributed by atoms with Crippen LogP contribution in [0.2, 0.25) is 6.82 Å². The van der Waals surface area contributed by atoms with Crippen molar-refractivity contribution >= 4 is 47.5 Å². The van der Waals surface area contributed by atoms with E-state index in [1.165, 1.54) is 18.4 Å². The van der Waals surface area contributed by atoms with E-state index in [1.54, 1.807) is 29.1 Å². The molecule has 2 amide bonds. The highest BCUT2D eigenvalue weighted by molar-refractivity contribution is 7.14. The molecule has 185 valence electrons. The largest absolute Gasteiger partial charge is 0.402 e. The molecule has 1 aromatic carbocycles. The molecule has 8 nitrogen and oxygen atoms in total. The number of carbonyl (C=O) groups is 2. The zero-order chi connectivity index (χ0) is 25.9. The molecule has 0 spiro atoms. The summed E-state index contributed by atoms with van der Waals surface area (Å²) in [5.74, 6) is -0.772. The van der Waals surface area contributed by atoms with Gasteiger partial charge in [0.05, 0.1) is 17.9 Å². The number of thiazole rings is 1. The minimum atomic E-state index is -0.877. The van der Waals surface area contributed by atoms with E-state index in [9.17, 15) is 9.59 Å². The lowest BCUT2D eigenvalue weighted by molar-refractivity contribution is -0.119. The molecule has 3 aromatic rings. The van der Waals surface area contributed by atoms with E-state index in [0.29, 0.717) is 10.7 Å². The summed E-state index contributed by atoms with van der Waals surface area (Å²) in [6, 6.07) is 8.65. The molecule has 2 heterocycles. The third kappa shape index (κ3) is 7.37. The quantitative estimate of drug-likeness (QED) is 0.216. The van der Waals surface area contributed by atoms with Gasteiger partial charge in [0.2, 0.25) is 7.41 Å². The summed E-state index contributed by atoms with van der Waals surface area (Å²) >= 11 is 1.30. The van der Waals surface area contributed by atoms with E-state index < -0.39 is 11.9 Å². The van der Waals surface area contributed by atoms with Crippen LogP contribution in [0.3, 0.4) is 0 Å². The fraction of sp³-hybridized carbons (Fsp3) is 0.231. The van der Waals surface area contributed by atoms with E-state index in [2.05, 4.69) is 27.2 Å². The number of ether oxygens (including phenoxy) is 1. The Morgan fingerprint density at radius 3 is 2.89 bits per heavy atom. The van der Waals surface area contributed by atoms with Crippen LogP contribution in [0, 0.1) is 0 Å². The van der Waals surface area contributed by atoms with Crippen molar-refractivity contribution in [3.05, 3.63) is 78.1 Å². The molecule has 0 aliphatic heterocycles. The summed E-state index contributed by atoms with van der Waals surface area (Å²) in [7, 11) is 3.29. The van der Waals surface area contributed by atoms with Gasteiger partial charge in [0.1, 0.15) is 6.04 Å². The van der Waals surface area contributed by atoms with Crippen LogP contribution in [0.1, 0.15) is 29.3 Å². The molecular weight excluding hydrogens is 473 g/mol. The highest BCUT2D eigenvalue weighted by atomic mass is 32.1. The van der Waals surface area contributed by atoms with Crippen LogP contribution < -0.4 is 10.6 Å². The van der Waals surface area contributed by atoms with Crippen LogP contribution in [0.5, 0.6) is 0 Å². The van der Waals surface area contributed by atoms with E-state index >= 15 is 0 Å². The highest BCUT2D eigenvalue weighted by Gasteiger charge is 2.23. The maximum atomic E-state index is 12.9. The van der Waals surface area contributed by atoms with E-state index in [-0.39, 0.29) is 12.5 Å². The number of carbonyl (C=O) groups excluding carboxylic acids is 2. The molecule has 0 fully saturated rings. The number of benzene rings is 1. The van der Waals surface area contributed by atoms with Gasteiger partial charge in [-0.15, -0.1) is 11.3 Å². The Labute approximate surface area is 216 Å². The van der Waals surface area contributed by atoms with Crippen molar-refractivity contribution in [3.63, 3.8) is 0 Å². The summed E-state index contributed by atoms with van der Waals surface area (Å²) in [5.41, 5.74) is 3.86. The number of hydrogen-bond donors (Lipinski definition) is 2. The summed E-state index contributed by atoms with van der Waals surface area (Å²) < 4.78 is 6.91. The Morgan fingerprint density at radius 2 is 2.17 bits per heavy atom. The van der Waals surface area contributed by atoms with Crippen LogP contribution >= 0.6 is 11.3 Å². The van der Waals surface area contributed by atoms with Gasteiger partial charge in [0.15, 0.2) is 5.13 Å². The molecular formula is C26H29BN5O3S. The van der Waals surface area contributed by atoms with Crippen LogP contribution in [-0.4, -0.2) is 54.7 Å². The summed E-state index contributed by atoms with van der Waals surface area (Å²) in [4.78, 5) is 34.2. The molecule has 1 radical (unpaired) electrons. The molecule has 36 heavy (non-hydrogen) atoms. The summed E-state index contributed by atoms with van der Waals surface area (Å²) in [5, 5.41) is 7.80. The van der Waals surface area contributed by atoms with Crippen molar-refractivity contribution in [2.24, 2.45) is 4.99 Å². The molecule has 1 atom stereocenters. The Morgan fingerprint density at radius 1 is 1.33 bits per heavy atom. The number of aliphatic imine (C=N–C) groups is 1. The van der Waals surface area contributed by atoms with E-state index in [4.69, 9.17) is 4.74 Å². The summed E-state index contributed by atoms with van der Waals surface area (Å²) in [6.45, 7) is 8.02. The van der Waals surface area contributed by atoms with Gasteiger partial charge < -0.3 is 19.8 Å². The topological polar surface area (TPSA) is 97.6 Å². The Bertz CT molecular complexity index is 1260. The molecule has 0 aliphatic rings. The van der Waals surface area contributed by atoms with E-state index in [0.717, 1.165) is 28.8 Å². The Balaban J connectivity index is 1.67. The van der Waals surface area contributed by atoms with Crippen molar-refractivity contribution < 1.29 is 14.3 Å². The molecule has 0 bridgehead atoms. The van der Waals surface area contributed by atoms with Gasteiger partial charge in [-0.1, -0.05) is 38.5 Å². The first kappa shape index (κ1) is 26.8. The highest BCUT2D eigenvalue weighted by Crippen LogP contribution is 2.27. The van der Waals surface area contributed by atoms with Gasteiger partial charge in [0, 0.05) is 36.7 Å². The number of nitrogens with zero attached hydrogens (tertiary/aromatic N) is 3. The average molecular weight is 502 g/mol. The zero-order valence-electron chi connectivity index (χ0n) is 20.6. The van der Waals surface area contributed by atoms with Gasteiger partial charge in [-0.05, 0) is 42.0 Å². The molecule has 10 heteroatoms. The molecule has 2 aromatic heterocycles. The first-order valence-electron chi connectivity index (χ1n) is 11.5. The van der Waals surface area contributed by atoms with Crippen molar-refractivity contribution in [2.45, 2.75) is 26.2 Å². The second kappa shape index (κ2) is 13.4. The van der Waals surface area contributed by atoms with Crippen LogP contribution in [0.4, 0.5) is 5.13 Å². The van der Waals surface area contributed by atoms with Crippen molar-refractivity contribution in [2.75, 3.05) is 19.0 Å². The predicted octanol–water partition coefficient (Wildman–Crippen LogP) is 4.52. The number of rotatable bonds is 12. The first-order chi connectivity index (χ1) is 17.4. The monoisotopic (exact) mass is 502 g/mol. The van der Waals surface area contributed by atoms with Crippen molar-refractivity contribution in [1.29, 1.82) is 0 Å². The molecule has 3 rings (SSSR count). The first-order valence-corrected chi connectivity index (χ1v) is 12.3. The third-order valence-corrected chi connectivity index (χ3v) is 5.90. The van der Waals surface area contributed by atoms with E-state index in [1.807, 2.05) is 63.1 Å². The smallest absolute Gasteiger partial charge is 0.253 e. The van der Waals surface area contributed by atoms with Crippen LogP contribution in [0.15, 0.2) is 72.0 Å². The number of anilines is 1. The molecule has 0 saturated heterocycles. The minimum Gasteiger partial charge on any atom is -0.402 e. The van der Waals surface area contributed by atoms with Crippen LogP contribution in [0.25, 0.3) is 16.8 Å². The molecule has 2 N–H and O–H groups in total. The SMILES string of the molecule is C=C(/C=C\N=CCC)c1cccc(-c2csc(NC(=O)C(COC)NC(=O)c3ccn([B]C)c3)n2)c1. The van der Waals surface area contributed by atoms with Crippen LogP contribution in [-0.2, 0) is 9.53 Å². The molecule has 1 unspecified atom stereocenters. The van der Waals surface area contributed by atoms with Crippen molar-refractivity contribution in [3.8, 4) is 11.3 Å². The lowest BCUT2D eigenvalue weighted by Gasteiger charge is -2.16. The number of amides is 2. The molecule has 0 saturated carbocycles. The van der Waals surface area contributed by atoms with Crippen molar-refractivity contribution in [1.82, 2.24) is 14.8 Å². The number of hydrogen-bond acceptors (Lipinski definition) is 6. The fourth-order valence-electron chi connectivity index (χ4n) is 3.23. The summed E-state index contributed by atoms with van der Waals surface area (Å²) in [6.07, 6.45) is 9.73. The fourth-order valence-corrected chi connectivity index (χ4v) is 3.95. The normalized spacial score (nSPS) is 12.1. The standard InChI is InChI=1S/C26H29BN5O3S/c1-5-11-28-12-9-18(2)19-7-6-8-20(14-19)23-17-36-26(30-23)31-25(34)22(16-35-4)29-24(33)21-10-13-32(15-21)27-3/h6-15,17,22H,2,5,16H2,1,3-4H3,(H,29,33)(H,30,31,34)/b12-9-,28-11?. The predicted molar refractivity (Wildman–Crippen MR) is 148 cm³/mol. The Hall–Kier alpha value is -3.76. The maximum Gasteiger partial charge on any atom is 0.253 e. The molecule has 0 aliphatic carbocycles. The Kier molecular flexibility index (Phi) is 9.97. The van der Waals surface area contributed by atoms with Gasteiger partial charge >= 0.3 is 0 Å². The van der Waals surface area contributed by atoms with Gasteiger partial charge in [0.25, 0.3) is 11.8 Å². The number of allylic oxidation sites excluding steroid dienone is 2. The maximum absolute atomic E-state index is 12.9. The number of aromatic nitrogens is 2. The van der Waals surface area contributed by atoms with Gasteiger partial charge in [-0.3, -0.25) is 14.6 Å². The van der Waals surface area contributed by atoms with Gasteiger partial charge in [-0.25, -0.2) is 4.98 Å². The van der Waals surface area contributed by atoms with Gasteiger partial charge in [-0.2, -0.15) is 0 Å². The lowest BCUT2D eigenvalue weighted by Crippen LogP contribution is -2.46. The minimum absolute atomic E-state index is 0.0242.